The van der Waals surface area contributed by atoms with Crippen LogP contribution in [-0.2, 0) is 6.54 Å². The Morgan fingerprint density at radius 1 is 1.40 bits per heavy atom. The van der Waals surface area contributed by atoms with Gasteiger partial charge in [0.2, 0.25) is 0 Å². The maximum Gasteiger partial charge on any atom is 0.282 e. The molecule has 0 aliphatic rings. The van der Waals surface area contributed by atoms with Gasteiger partial charge >= 0.3 is 0 Å². The van der Waals surface area contributed by atoms with Gasteiger partial charge in [0.1, 0.15) is 0 Å². The van der Waals surface area contributed by atoms with Crippen molar-refractivity contribution in [1.82, 2.24) is 9.55 Å². The molecule has 0 radical (unpaired) electrons. The van der Waals surface area contributed by atoms with Crippen LogP contribution in [0.25, 0.3) is 0 Å². The molecule has 1 heterocycles. The van der Waals surface area contributed by atoms with Crippen molar-refractivity contribution in [2.75, 3.05) is 11.9 Å². The van der Waals surface area contributed by atoms with E-state index >= 15 is 0 Å². The molecule has 2 rings (SSSR count). The standard InChI is InChI=1S/C13H15IN4O2/c14-12-9-11(3-4-13(12)18(19)20)16-5-1-2-7-17-8-6-15-10-17/h3-4,6,8-10,16H,1-2,5,7H2. The van der Waals surface area contributed by atoms with Crippen LogP contribution >= 0.6 is 22.6 Å². The molecule has 0 fully saturated rings. The largest absolute Gasteiger partial charge is 0.385 e. The van der Waals surface area contributed by atoms with Crippen LogP contribution in [-0.4, -0.2) is 21.0 Å². The molecule has 1 aromatic carbocycles. The summed E-state index contributed by atoms with van der Waals surface area (Å²) in [6, 6.07) is 5.08. The first-order chi connectivity index (χ1) is 9.66. The van der Waals surface area contributed by atoms with Gasteiger partial charge in [0.15, 0.2) is 0 Å². The number of nitrogens with zero attached hydrogens (tertiary/aromatic N) is 3. The second-order valence-electron chi connectivity index (χ2n) is 4.36. The summed E-state index contributed by atoms with van der Waals surface area (Å²) in [5, 5.41) is 14.0. The molecular weight excluding hydrogens is 371 g/mol. The predicted molar refractivity (Wildman–Crippen MR) is 85.8 cm³/mol. The smallest absolute Gasteiger partial charge is 0.282 e. The Labute approximate surface area is 130 Å². The van der Waals surface area contributed by atoms with Crippen molar-refractivity contribution in [1.29, 1.82) is 0 Å². The van der Waals surface area contributed by atoms with E-state index in [0.29, 0.717) is 3.57 Å². The number of benzene rings is 1. The number of halogens is 1. The highest BCUT2D eigenvalue weighted by atomic mass is 127. The van der Waals surface area contributed by atoms with E-state index in [1.165, 1.54) is 6.07 Å². The Morgan fingerprint density at radius 3 is 2.90 bits per heavy atom. The van der Waals surface area contributed by atoms with Gasteiger partial charge in [-0.15, -0.1) is 0 Å². The minimum Gasteiger partial charge on any atom is -0.385 e. The predicted octanol–water partition coefficient (Wildman–Crippen LogP) is 3.29. The highest BCUT2D eigenvalue weighted by molar-refractivity contribution is 14.1. The van der Waals surface area contributed by atoms with E-state index in [1.54, 1.807) is 18.3 Å². The van der Waals surface area contributed by atoms with Gasteiger partial charge in [-0.25, -0.2) is 4.98 Å². The zero-order valence-electron chi connectivity index (χ0n) is 10.8. The molecule has 2 aromatic rings. The summed E-state index contributed by atoms with van der Waals surface area (Å²) in [6.45, 7) is 1.81. The Morgan fingerprint density at radius 2 is 2.25 bits per heavy atom. The Bertz CT molecular complexity index is 572. The Kier molecular flexibility index (Phi) is 5.33. The van der Waals surface area contributed by atoms with Crippen LogP contribution in [0.15, 0.2) is 36.9 Å². The molecule has 0 atom stereocenters. The topological polar surface area (TPSA) is 73.0 Å². The molecular formula is C13H15IN4O2. The normalized spacial score (nSPS) is 10.4. The summed E-state index contributed by atoms with van der Waals surface area (Å²) in [7, 11) is 0. The fraction of sp³-hybridized carbons (Fsp3) is 0.308. The van der Waals surface area contributed by atoms with Crippen LogP contribution in [0.1, 0.15) is 12.8 Å². The molecule has 0 aliphatic carbocycles. The lowest BCUT2D eigenvalue weighted by molar-refractivity contribution is -0.385. The average Bonchev–Trinajstić information content (AvgIpc) is 2.91. The number of hydrogen-bond donors (Lipinski definition) is 1. The molecule has 106 valence electrons. The molecule has 6 nitrogen and oxygen atoms in total. The third-order valence-electron chi connectivity index (χ3n) is 2.88. The van der Waals surface area contributed by atoms with Gasteiger partial charge in [0.05, 0.1) is 14.8 Å². The van der Waals surface area contributed by atoms with Crippen molar-refractivity contribution in [3.05, 3.63) is 50.6 Å². The molecule has 1 aromatic heterocycles. The molecule has 20 heavy (non-hydrogen) atoms. The molecule has 0 spiro atoms. The number of hydrogen-bond acceptors (Lipinski definition) is 4. The Hall–Kier alpha value is -1.64. The lowest BCUT2D eigenvalue weighted by Crippen LogP contribution is -2.04. The van der Waals surface area contributed by atoms with Crippen LogP contribution in [0.4, 0.5) is 11.4 Å². The highest BCUT2D eigenvalue weighted by Crippen LogP contribution is 2.24. The van der Waals surface area contributed by atoms with Crippen molar-refractivity contribution < 1.29 is 4.92 Å². The summed E-state index contributed by atoms with van der Waals surface area (Å²) < 4.78 is 2.70. The van der Waals surface area contributed by atoms with E-state index in [-0.39, 0.29) is 10.6 Å². The van der Waals surface area contributed by atoms with E-state index in [9.17, 15) is 10.1 Å². The average molecular weight is 386 g/mol. The minimum atomic E-state index is -0.364. The van der Waals surface area contributed by atoms with E-state index < -0.39 is 0 Å². The number of aromatic nitrogens is 2. The van der Waals surface area contributed by atoms with Crippen LogP contribution in [0, 0.1) is 13.7 Å². The Balaban J connectivity index is 1.74. The number of unbranched alkanes of at least 4 members (excludes halogenated alkanes) is 1. The van der Waals surface area contributed by atoms with Crippen molar-refractivity contribution in [3.8, 4) is 0 Å². The summed E-state index contributed by atoms with van der Waals surface area (Å²) in [6.07, 6.45) is 7.63. The lowest BCUT2D eigenvalue weighted by Gasteiger charge is -2.07. The van der Waals surface area contributed by atoms with E-state index in [0.717, 1.165) is 31.6 Å². The number of imidazole rings is 1. The van der Waals surface area contributed by atoms with Gasteiger partial charge in [-0.1, -0.05) is 0 Å². The first kappa shape index (κ1) is 14.8. The minimum absolute atomic E-state index is 0.149. The fourth-order valence-corrected chi connectivity index (χ4v) is 2.55. The van der Waals surface area contributed by atoms with E-state index in [4.69, 9.17) is 0 Å². The molecule has 0 saturated heterocycles. The first-order valence-corrected chi connectivity index (χ1v) is 7.38. The summed E-state index contributed by atoms with van der Waals surface area (Å²) in [5.41, 5.74) is 1.07. The summed E-state index contributed by atoms with van der Waals surface area (Å²) in [5.74, 6) is 0. The monoisotopic (exact) mass is 386 g/mol. The molecule has 7 heteroatoms. The molecule has 0 unspecified atom stereocenters. The SMILES string of the molecule is O=[N+]([O-])c1ccc(NCCCCn2ccnc2)cc1I. The fourth-order valence-electron chi connectivity index (χ4n) is 1.84. The quantitative estimate of drug-likeness (QED) is 0.343. The number of rotatable bonds is 7. The molecule has 1 N–H and O–H groups in total. The maximum atomic E-state index is 10.7. The molecule has 0 saturated carbocycles. The second kappa shape index (κ2) is 7.22. The first-order valence-electron chi connectivity index (χ1n) is 6.30. The van der Waals surface area contributed by atoms with E-state index in [1.807, 2.05) is 35.1 Å². The molecule has 0 amide bonds. The van der Waals surface area contributed by atoms with Crippen molar-refractivity contribution in [2.24, 2.45) is 0 Å². The zero-order chi connectivity index (χ0) is 14.4. The second-order valence-corrected chi connectivity index (χ2v) is 5.52. The number of nitro groups is 1. The number of nitrogens with one attached hydrogen (secondary N) is 1. The third kappa shape index (κ3) is 4.19. The number of aryl methyl sites for hydroxylation is 1. The van der Waals surface area contributed by atoms with Crippen molar-refractivity contribution in [2.45, 2.75) is 19.4 Å². The molecule has 0 aliphatic heterocycles. The van der Waals surface area contributed by atoms with E-state index in [2.05, 4.69) is 14.9 Å². The zero-order valence-corrected chi connectivity index (χ0v) is 13.0. The van der Waals surface area contributed by atoms with Crippen molar-refractivity contribution in [3.63, 3.8) is 0 Å². The number of anilines is 1. The summed E-state index contributed by atoms with van der Waals surface area (Å²) in [4.78, 5) is 14.3. The van der Waals surface area contributed by atoms with Gasteiger partial charge in [0.25, 0.3) is 5.69 Å². The van der Waals surface area contributed by atoms with Crippen LogP contribution in [0.3, 0.4) is 0 Å². The lowest BCUT2D eigenvalue weighted by atomic mass is 10.2. The number of nitro benzene ring substituents is 1. The third-order valence-corrected chi connectivity index (χ3v) is 3.74. The highest BCUT2D eigenvalue weighted by Gasteiger charge is 2.10. The van der Waals surface area contributed by atoms with Gasteiger partial charge in [-0.3, -0.25) is 10.1 Å². The van der Waals surface area contributed by atoms with Gasteiger partial charge in [-0.05, 0) is 47.6 Å². The van der Waals surface area contributed by atoms with Gasteiger partial charge in [0, 0.05) is 37.2 Å². The van der Waals surface area contributed by atoms with Crippen LogP contribution in [0.2, 0.25) is 0 Å². The van der Waals surface area contributed by atoms with Crippen LogP contribution < -0.4 is 5.32 Å². The van der Waals surface area contributed by atoms with Gasteiger partial charge in [-0.2, -0.15) is 0 Å². The van der Waals surface area contributed by atoms with Crippen molar-refractivity contribution >= 4 is 34.0 Å². The van der Waals surface area contributed by atoms with Crippen LogP contribution in [0.5, 0.6) is 0 Å². The van der Waals surface area contributed by atoms with Gasteiger partial charge < -0.3 is 9.88 Å². The molecule has 0 bridgehead atoms. The summed E-state index contributed by atoms with van der Waals surface area (Å²) >= 11 is 1.98. The maximum absolute atomic E-state index is 10.7.